The molecule has 5 aromatic rings. The van der Waals surface area contributed by atoms with E-state index in [1.165, 1.54) is 18.1 Å². The number of tetrazole rings is 1. The van der Waals surface area contributed by atoms with E-state index in [4.69, 9.17) is 16.6 Å². The molecular formula is C33H31ClN8O3. The molecule has 3 aromatic carbocycles. The number of ether oxygens (including phenoxy) is 1. The summed E-state index contributed by atoms with van der Waals surface area (Å²) < 4.78 is 6.21. The second-order valence-corrected chi connectivity index (χ2v) is 11.2. The number of H-pyrrole nitrogens is 1. The van der Waals surface area contributed by atoms with Gasteiger partial charge in [0.1, 0.15) is 12.2 Å². The first-order valence-electron chi connectivity index (χ1n) is 14.5. The zero-order chi connectivity index (χ0) is 31.3. The number of anilines is 1. The van der Waals surface area contributed by atoms with Crippen molar-refractivity contribution < 1.29 is 14.3 Å². The van der Waals surface area contributed by atoms with Gasteiger partial charge in [0.2, 0.25) is 5.91 Å². The van der Waals surface area contributed by atoms with Crippen molar-refractivity contribution in [1.82, 2.24) is 35.1 Å². The Labute approximate surface area is 264 Å². The highest BCUT2D eigenvalue weighted by atomic mass is 35.5. The van der Waals surface area contributed by atoms with Gasteiger partial charge in [0.15, 0.2) is 0 Å². The number of aromatic nitrogens is 6. The number of imidazole rings is 1. The molecule has 0 saturated carbocycles. The molecule has 2 N–H and O–H groups in total. The highest BCUT2D eigenvalue weighted by molar-refractivity contribution is 6.30. The van der Waals surface area contributed by atoms with Crippen LogP contribution in [0.4, 0.5) is 10.5 Å². The number of carbonyl (C=O) groups is 2. The first kappa shape index (κ1) is 29.8. The number of halogens is 1. The first-order chi connectivity index (χ1) is 21.9. The van der Waals surface area contributed by atoms with E-state index < -0.39 is 6.09 Å². The molecule has 6 rings (SSSR count). The Morgan fingerprint density at radius 1 is 1.09 bits per heavy atom. The van der Waals surface area contributed by atoms with Crippen LogP contribution in [0.3, 0.4) is 0 Å². The number of nitrogens with one attached hydrogen (secondary N) is 2. The third kappa shape index (κ3) is 6.48. The molecule has 2 atom stereocenters. The number of aryl methyl sites for hydroxylation is 1. The van der Waals surface area contributed by atoms with E-state index >= 15 is 0 Å². The van der Waals surface area contributed by atoms with Crippen LogP contribution in [-0.4, -0.2) is 60.7 Å². The Kier molecular flexibility index (Phi) is 8.70. The molecule has 228 valence electrons. The number of amides is 2. The molecule has 1 aliphatic rings. The molecule has 1 aliphatic heterocycles. The number of carbonyl (C=O) groups excluding carboxylic acids is 2. The van der Waals surface area contributed by atoms with Crippen molar-refractivity contribution in [3.8, 4) is 16.9 Å². The molecular weight excluding hydrogens is 592 g/mol. The van der Waals surface area contributed by atoms with Crippen molar-refractivity contribution in [2.75, 3.05) is 19.0 Å². The van der Waals surface area contributed by atoms with Gasteiger partial charge in [-0.15, -0.1) is 5.10 Å². The van der Waals surface area contributed by atoms with Gasteiger partial charge in [-0.3, -0.25) is 10.1 Å². The van der Waals surface area contributed by atoms with Gasteiger partial charge in [-0.25, -0.2) is 9.78 Å². The number of rotatable bonds is 7. The summed E-state index contributed by atoms with van der Waals surface area (Å²) in [5.74, 6) is 0.606. The molecule has 2 aromatic heterocycles. The SMILES string of the molecule is COC(=O)Nc1ccc(-c2nc(C3C(c4ccccc4)CCCN3C(=O)C=Cc3cc(Cl)ccc3-n3cnnn3)[nH]c2C)cc1. The molecule has 0 bridgehead atoms. The molecule has 3 heterocycles. The molecule has 1 fully saturated rings. The molecule has 45 heavy (non-hydrogen) atoms. The number of piperidine rings is 1. The standard InChI is InChI=1S/C33H31ClN8O3/c1-21-30(23-10-14-26(15-11-23)37-33(44)45-2)38-32(36-21)31-27(22-7-4-3-5-8-22)9-6-18-41(31)29(43)17-12-24-19-25(34)13-16-28(24)42-20-35-39-40-42/h3-5,7-8,10-17,19-20,27,31H,6,9,18H2,1-2H3,(H,36,38)(H,37,44). The van der Waals surface area contributed by atoms with E-state index in [9.17, 15) is 9.59 Å². The molecule has 2 unspecified atom stereocenters. The summed E-state index contributed by atoms with van der Waals surface area (Å²) in [6, 6.07) is 22.7. The fourth-order valence-electron chi connectivity index (χ4n) is 5.81. The number of methoxy groups -OCH3 is 1. The van der Waals surface area contributed by atoms with E-state index in [1.807, 2.05) is 48.2 Å². The lowest BCUT2D eigenvalue weighted by Crippen LogP contribution is -2.41. The molecule has 2 amide bonds. The minimum Gasteiger partial charge on any atom is -0.453 e. The zero-order valence-electron chi connectivity index (χ0n) is 24.7. The first-order valence-corrected chi connectivity index (χ1v) is 14.9. The van der Waals surface area contributed by atoms with Crippen molar-refractivity contribution >= 4 is 35.4 Å². The average molecular weight is 623 g/mol. The number of hydrogen-bond acceptors (Lipinski definition) is 7. The maximum absolute atomic E-state index is 14.0. The van der Waals surface area contributed by atoms with Crippen molar-refractivity contribution in [2.45, 2.75) is 31.7 Å². The van der Waals surface area contributed by atoms with Gasteiger partial charge in [-0.05, 0) is 72.2 Å². The molecule has 1 saturated heterocycles. The Hall–Kier alpha value is -5.29. The number of hydrogen-bond donors (Lipinski definition) is 2. The van der Waals surface area contributed by atoms with Crippen LogP contribution < -0.4 is 5.32 Å². The maximum Gasteiger partial charge on any atom is 0.411 e. The summed E-state index contributed by atoms with van der Waals surface area (Å²) >= 11 is 6.31. The summed E-state index contributed by atoms with van der Waals surface area (Å²) in [4.78, 5) is 36.1. The van der Waals surface area contributed by atoms with Crippen LogP contribution >= 0.6 is 11.6 Å². The minimum absolute atomic E-state index is 0.0327. The lowest BCUT2D eigenvalue weighted by atomic mass is 9.83. The van der Waals surface area contributed by atoms with Gasteiger partial charge in [0.05, 0.1) is 24.5 Å². The molecule has 11 nitrogen and oxygen atoms in total. The van der Waals surface area contributed by atoms with E-state index in [0.717, 1.165) is 35.4 Å². The van der Waals surface area contributed by atoms with Gasteiger partial charge >= 0.3 is 6.09 Å². The molecule has 0 spiro atoms. The topological polar surface area (TPSA) is 131 Å². The quantitative estimate of drug-likeness (QED) is 0.202. The van der Waals surface area contributed by atoms with Gasteiger partial charge in [-0.1, -0.05) is 54.1 Å². The van der Waals surface area contributed by atoms with E-state index in [1.54, 1.807) is 36.4 Å². The van der Waals surface area contributed by atoms with Crippen molar-refractivity contribution in [2.24, 2.45) is 0 Å². The summed E-state index contributed by atoms with van der Waals surface area (Å²) in [7, 11) is 1.32. The number of aromatic amines is 1. The molecule has 0 aliphatic carbocycles. The fraction of sp³-hybridized carbons (Fsp3) is 0.212. The third-order valence-corrected chi connectivity index (χ3v) is 8.14. The summed E-state index contributed by atoms with van der Waals surface area (Å²) in [5.41, 5.74) is 5.70. The summed E-state index contributed by atoms with van der Waals surface area (Å²) in [5, 5.41) is 14.6. The minimum atomic E-state index is -0.536. The Morgan fingerprint density at radius 2 is 1.89 bits per heavy atom. The smallest absolute Gasteiger partial charge is 0.411 e. The van der Waals surface area contributed by atoms with Crippen LogP contribution in [0.15, 0.2) is 85.2 Å². The Morgan fingerprint density at radius 3 is 2.62 bits per heavy atom. The predicted octanol–water partition coefficient (Wildman–Crippen LogP) is 6.35. The van der Waals surface area contributed by atoms with Crippen molar-refractivity contribution in [3.63, 3.8) is 0 Å². The lowest BCUT2D eigenvalue weighted by molar-refractivity contribution is -0.130. The Bertz CT molecular complexity index is 1820. The van der Waals surface area contributed by atoms with Crippen LogP contribution in [0, 0.1) is 6.92 Å². The van der Waals surface area contributed by atoms with E-state index in [0.29, 0.717) is 34.3 Å². The van der Waals surface area contributed by atoms with Crippen LogP contribution in [0.25, 0.3) is 23.0 Å². The van der Waals surface area contributed by atoms with Crippen LogP contribution in [0.1, 0.15) is 47.4 Å². The number of nitrogens with zero attached hydrogens (tertiary/aromatic N) is 6. The summed E-state index contributed by atoms with van der Waals surface area (Å²) in [6.45, 7) is 2.55. The highest BCUT2D eigenvalue weighted by Crippen LogP contribution is 2.42. The normalized spacial score (nSPS) is 16.6. The number of likely N-dealkylation sites (tertiary alicyclic amines) is 1. The van der Waals surface area contributed by atoms with E-state index in [-0.39, 0.29) is 17.9 Å². The van der Waals surface area contributed by atoms with Crippen LogP contribution in [0.5, 0.6) is 0 Å². The van der Waals surface area contributed by atoms with Gasteiger partial charge in [-0.2, -0.15) is 4.68 Å². The fourth-order valence-corrected chi connectivity index (χ4v) is 5.99. The van der Waals surface area contributed by atoms with E-state index in [2.05, 4.69) is 42.7 Å². The van der Waals surface area contributed by atoms with Gasteiger partial charge in [0.25, 0.3) is 0 Å². The summed E-state index contributed by atoms with van der Waals surface area (Å²) in [6.07, 6.45) is 6.03. The monoisotopic (exact) mass is 622 g/mol. The van der Waals surface area contributed by atoms with Crippen molar-refractivity contribution in [3.05, 3.63) is 113 Å². The predicted molar refractivity (Wildman–Crippen MR) is 171 cm³/mol. The van der Waals surface area contributed by atoms with Crippen molar-refractivity contribution in [1.29, 1.82) is 0 Å². The highest BCUT2D eigenvalue weighted by Gasteiger charge is 2.38. The average Bonchev–Trinajstić information content (AvgIpc) is 3.74. The number of benzene rings is 3. The van der Waals surface area contributed by atoms with Crippen LogP contribution in [0.2, 0.25) is 5.02 Å². The van der Waals surface area contributed by atoms with Crippen LogP contribution in [-0.2, 0) is 9.53 Å². The second kappa shape index (κ2) is 13.1. The van der Waals surface area contributed by atoms with Gasteiger partial charge in [0, 0.05) is 46.1 Å². The molecule has 0 radical (unpaired) electrons. The van der Waals surface area contributed by atoms with Gasteiger partial charge < -0.3 is 14.6 Å². The molecule has 12 heteroatoms. The zero-order valence-corrected chi connectivity index (χ0v) is 25.5. The second-order valence-electron chi connectivity index (χ2n) is 10.7. The third-order valence-electron chi connectivity index (χ3n) is 7.91. The Balaban J connectivity index is 1.34. The largest absolute Gasteiger partial charge is 0.453 e. The lowest BCUT2D eigenvalue weighted by Gasteiger charge is -2.40. The maximum atomic E-state index is 14.0.